The lowest BCUT2D eigenvalue weighted by molar-refractivity contribution is -0.121. The van der Waals surface area contributed by atoms with Crippen LogP contribution < -0.4 is 15.4 Å². The fraction of sp³-hybridized carbons (Fsp3) is 0.440. The highest BCUT2D eigenvalue weighted by molar-refractivity contribution is 7.92. The van der Waals surface area contributed by atoms with Gasteiger partial charge >= 0.3 is 0 Å². The molecular weight excluding hydrogens is 532 g/mol. The van der Waals surface area contributed by atoms with Crippen molar-refractivity contribution in [3.63, 3.8) is 0 Å². The first-order chi connectivity index (χ1) is 18.2. The normalized spacial score (nSPS) is 20.4. The number of nitrogens with zero attached hydrogens (tertiary/aromatic N) is 3. The highest BCUT2D eigenvalue weighted by Gasteiger charge is 2.32. The van der Waals surface area contributed by atoms with Gasteiger partial charge in [0.1, 0.15) is 22.8 Å². The molecule has 11 nitrogen and oxygen atoms in total. The molecule has 3 aromatic rings. The Bertz CT molecular complexity index is 1440. The molecule has 2 aliphatic rings. The number of carbonyl (C=O) groups excluding carboxylic acids is 2. The number of fused-ring (bicyclic) bond motifs is 1. The first-order valence-electron chi connectivity index (χ1n) is 12.6. The maximum Gasteiger partial charge on any atom is 0.294 e. The molecule has 3 N–H and O–H groups in total. The molecule has 1 saturated carbocycles. The van der Waals surface area contributed by atoms with Gasteiger partial charge in [-0.15, -0.1) is 0 Å². The van der Waals surface area contributed by atoms with Crippen molar-refractivity contribution in [3.8, 4) is 0 Å². The summed E-state index contributed by atoms with van der Waals surface area (Å²) in [6.45, 7) is 2.25. The zero-order chi connectivity index (χ0) is 26.9. The molecule has 13 heteroatoms. The van der Waals surface area contributed by atoms with E-state index in [2.05, 4.69) is 30.2 Å². The number of anilines is 3. The van der Waals surface area contributed by atoms with Crippen molar-refractivity contribution in [2.24, 2.45) is 5.92 Å². The fourth-order valence-corrected chi connectivity index (χ4v) is 5.76. The monoisotopic (exact) mass is 560 g/mol. The first-order valence-corrected chi connectivity index (χ1v) is 14.8. The second-order valence-electron chi connectivity index (χ2n) is 9.78. The number of nitrogens with one attached hydrogen (secondary N) is 3. The lowest BCUT2D eigenvalue weighted by Crippen LogP contribution is -2.38. The summed E-state index contributed by atoms with van der Waals surface area (Å²) in [5, 5.41) is 5.91. The molecule has 202 valence electrons. The van der Waals surface area contributed by atoms with Gasteiger partial charge in [0.05, 0.1) is 11.3 Å². The third-order valence-electron chi connectivity index (χ3n) is 6.97. The molecule has 2 amide bonds. The van der Waals surface area contributed by atoms with Crippen molar-refractivity contribution >= 4 is 61.9 Å². The summed E-state index contributed by atoms with van der Waals surface area (Å²) in [6.07, 6.45) is 8.23. The summed E-state index contributed by atoms with van der Waals surface area (Å²) >= 11 is 5.88. The van der Waals surface area contributed by atoms with Gasteiger partial charge in [-0.3, -0.25) is 14.3 Å². The van der Waals surface area contributed by atoms with E-state index in [-0.39, 0.29) is 46.0 Å². The van der Waals surface area contributed by atoms with Crippen LogP contribution in [0.25, 0.3) is 11.1 Å². The van der Waals surface area contributed by atoms with Crippen molar-refractivity contribution in [1.29, 1.82) is 0 Å². The van der Waals surface area contributed by atoms with Crippen LogP contribution in [0.4, 0.5) is 17.3 Å². The van der Waals surface area contributed by atoms with Crippen LogP contribution in [0.2, 0.25) is 5.02 Å². The van der Waals surface area contributed by atoms with Crippen LogP contribution in [-0.2, 0) is 14.8 Å². The van der Waals surface area contributed by atoms with Crippen molar-refractivity contribution in [3.05, 3.63) is 41.2 Å². The van der Waals surface area contributed by atoms with Gasteiger partial charge in [0.25, 0.3) is 5.91 Å². The number of amides is 2. The third-order valence-corrected chi connectivity index (χ3v) is 7.78. The summed E-state index contributed by atoms with van der Waals surface area (Å²) in [6, 6.07) is 6.53. The predicted molar refractivity (Wildman–Crippen MR) is 145 cm³/mol. The quantitative estimate of drug-likeness (QED) is 0.391. The second kappa shape index (κ2) is 10.9. The van der Waals surface area contributed by atoms with E-state index in [0.717, 1.165) is 45.0 Å². The van der Waals surface area contributed by atoms with E-state index >= 15 is 0 Å². The van der Waals surface area contributed by atoms with E-state index in [9.17, 15) is 18.0 Å². The van der Waals surface area contributed by atoms with Crippen LogP contribution in [0.5, 0.6) is 0 Å². The zero-order valence-electron chi connectivity index (χ0n) is 20.9. The van der Waals surface area contributed by atoms with Gasteiger partial charge in [0, 0.05) is 18.2 Å². The van der Waals surface area contributed by atoms with E-state index in [1.807, 2.05) is 0 Å². The van der Waals surface area contributed by atoms with Gasteiger partial charge in [-0.25, -0.2) is 18.4 Å². The Kier molecular flexibility index (Phi) is 7.55. The molecule has 0 atom stereocenters. The number of furan rings is 1. The Morgan fingerprint density at radius 3 is 2.39 bits per heavy atom. The average molecular weight is 561 g/mol. The summed E-state index contributed by atoms with van der Waals surface area (Å²) in [5.41, 5.74) is 0.452. The number of hydrogen-bond acceptors (Lipinski definition) is 8. The van der Waals surface area contributed by atoms with Crippen molar-refractivity contribution < 1.29 is 22.4 Å². The topological polar surface area (TPSA) is 147 Å². The minimum atomic E-state index is -3.60. The lowest BCUT2D eigenvalue weighted by Gasteiger charge is -2.33. The van der Waals surface area contributed by atoms with Gasteiger partial charge in [0.15, 0.2) is 5.58 Å². The van der Waals surface area contributed by atoms with Gasteiger partial charge in [-0.2, -0.15) is 0 Å². The van der Waals surface area contributed by atoms with Crippen molar-refractivity contribution in [2.75, 3.05) is 34.7 Å². The molecule has 3 aromatic heterocycles. The molecule has 0 aromatic carbocycles. The molecule has 1 saturated heterocycles. The van der Waals surface area contributed by atoms with E-state index in [4.69, 9.17) is 16.0 Å². The molecule has 0 unspecified atom stereocenters. The van der Waals surface area contributed by atoms with Crippen LogP contribution in [0.1, 0.15) is 49.1 Å². The SMILES string of the molecule is CS(=O)(=O)Nc1ccc2oc(C(=O)Nc3ccc(Cl)cn3)c(NC(=O)[C@H]3CC[C@H](N4CCCC4)CC3)c2n1. The maximum absolute atomic E-state index is 13.4. The Labute approximate surface area is 225 Å². The molecular formula is C25H29ClN6O5S. The second-order valence-corrected chi connectivity index (χ2v) is 12.0. The fourth-order valence-electron chi connectivity index (χ4n) is 5.16. The van der Waals surface area contributed by atoms with Gasteiger partial charge in [0.2, 0.25) is 21.7 Å². The zero-order valence-corrected chi connectivity index (χ0v) is 22.4. The maximum atomic E-state index is 13.4. The lowest BCUT2D eigenvalue weighted by atomic mass is 9.85. The van der Waals surface area contributed by atoms with Gasteiger partial charge < -0.3 is 20.0 Å². The van der Waals surface area contributed by atoms with Crippen molar-refractivity contribution in [1.82, 2.24) is 14.9 Å². The van der Waals surface area contributed by atoms with Crippen molar-refractivity contribution in [2.45, 2.75) is 44.6 Å². The van der Waals surface area contributed by atoms with E-state index in [1.165, 1.54) is 37.2 Å². The number of pyridine rings is 2. The number of likely N-dealkylation sites (tertiary alicyclic amines) is 1. The van der Waals surface area contributed by atoms with Crippen LogP contribution in [-0.4, -0.2) is 60.5 Å². The number of aromatic nitrogens is 2. The highest BCUT2D eigenvalue weighted by atomic mass is 35.5. The van der Waals surface area contributed by atoms with E-state index in [1.54, 1.807) is 6.07 Å². The number of carbonyl (C=O) groups is 2. The largest absolute Gasteiger partial charge is 0.447 e. The van der Waals surface area contributed by atoms with Crippen LogP contribution >= 0.6 is 11.6 Å². The highest BCUT2D eigenvalue weighted by Crippen LogP contribution is 2.34. The molecule has 38 heavy (non-hydrogen) atoms. The molecule has 2 fully saturated rings. The molecule has 0 bridgehead atoms. The summed E-state index contributed by atoms with van der Waals surface area (Å²) < 4.78 is 31.6. The van der Waals surface area contributed by atoms with Gasteiger partial charge in [-0.1, -0.05) is 11.6 Å². The van der Waals surface area contributed by atoms with E-state index in [0.29, 0.717) is 11.1 Å². The smallest absolute Gasteiger partial charge is 0.294 e. The number of rotatable bonds is 7. The standard InChI is InChI=1S/C25H29ClN6O5S/c1-38(35,36)31-20-11-9-18-21(28-20)22(23(37-18)25(34)29-19-10-6-16(26)14-27-19)30-24(33)15-4-7-17(8-5-15)32-12-2-3-13-32/h6,9-11,14-15,17H,2-5,7-8,12-13H2,1H3,(H,28,31)(H,30,33)(H,27,29,34)/t15-,17-. The number of hydrogen-bond donors (Lipinski definition) is 3. The molecule has 1 aliphatic heterocycles. The number of sulfonamides is 1. The Morgan fingerprint density at radius 2 is 1.74 bits per heavy atom. The van der Waals surface area contributed by atoms with Gasteiger partial charge in [-0.05, 0) is 75.9 Å². The van der Waals surface area contributed by atoms with Crippen LogP contribution in [0.3, 0.4) is 0 Å². The van der Waals surface area contributed by atoms with Crippen LogP contribution in [0.15, 0.2) is 34.9 Å². The predicted octanol–water partition coefficient (Wildman–Crippen LogP) is 4.09. The first kappa shape index (κ1) is 26.4. The minimum Gasteiger partial charge on any atom is -0.447 e. The molecule has 0 spiro atoms. The van der Waals surface area contributed by atoms with Crippen LogP contribution in [0, 0.1) is 5.92 Å². The summed E-state index contributed by atoms with van der Waals surface area (Å²) in [5.74, 6) is -0.985. The summed E-state index contributed by atoms with van der Waals surface area (Å²) in [7, 11) is -3.60. The minimum absolute atomic E-state index is 0.0359. The Morgan fingerprint density at radius 1 is 1.03 bits per heavy atom. The number of halogens is 1. The average Bonchev–Trinajstić information content (AvgIpc) is 3.53. The summed E-state index contributed by atoms with van der Waals surface area (Å²) in [4.78, 5) is 37.4. The Balaban J connectivity index is 1.40. The Hall–Kier alpha value is -3.22. The molecule has 0 radical (unpaired) electrons. The molecule has 5 rings (SSSR count). The van der Waals surface area contributed by atoms with E-state index < -0.39 is 15.9 Å². The third kappa shape index (κ3) is 6.08. The molecule has 1 aliphatic carbocycles. The molecule has 4 heterocycles.